The molecule has 18 heavy (non-hydrogen) atoms. The Morgan fingerprint density at radius 3 is 3.06 bits per heavy atom. The molecule has 0 atom stereocenters. The maximum absolute atomic E-state index is 11.7. The Hall–Kier alpha value is -1.33. The van der Waals surface area contributed by atoms with Gasteiger partial charge in [0, 0.05) is 38.7 Å². The smallest absolute Gasteiger partial charge is 0.239 e. The first-order chi connectivity index (χ1) is 8.77. The van der Waals surface area contributed by atoms with Crippen molar-refractivity contribution < 1.29 is 9.53 Å². The molecule has 2 N–H and O–H groups in total. The first-order valence-electron chi connectivity index (χ1n) is 6.38. The molecule has 5 heteroatoms. The SMILES string of the molecule is CCNCc1cccn1CC(=O)NCCCOC. The van der Waals surface area contributed by atoms with Crippen LogP contribution in [0.1, 0.15) is 19.0 Å². The van der Waals surface area contributed by atoms with Crippen molar-refractivity contribution in [3.63, 3.8) is 0 Å². The number of carbonyl (C=O) groups excluding carboxylic acids is 1. The summed E-state index contributed by atoms with van der Waals surface area (Å²) in [5.41, 5.74) is 1.13. The van der Waals surface area contributed by atoms with Crippen LogP contribution in [0.15, 0.2) is 18.3 Å². The van der Waals surface area contributed by atoms with Crippen molar-refractivity contribution in [2.75, 3.05) is 26.8 Å². The fraction of sp³-hybridized carbons (Fsp3) is 0.615. The molecule has 5 nitrogen and oxygen atoms in total. The second-order valence-corrected chi connectivity index (χ2v) is 4.10. The number of hydrogen-bond donors (Lipinski definition) is 2. The summed E-state index contributed by atoms with van der Waals surface area (Å²) in [7, 11) is 1.66. The lowest BCUT2D eigenvalue weighted by atomic mass is 10.4. The number of ether oxygens (including phenoxy) is 1. The number of nitrogens with zero attached hydrogens (tertiary/aromatic N) is 1. The Morgan fingerprint density at radius 2 is 2.33 bits per heavy atom. The molecule has 0 aromatic carbocycles. The lowest BCUT2D eigenvalue weighted by Crippen LogP contribution is -2.29. The first kappa shape index (κ1) is 14.7. The van der Waals surface area contributed by atoms with Crippen molar-refractivity contribution in [2.24, 2.45) is 0 Å². The third kappa shape index (κ3) is 5.33. The second kappa shape index (κ2) is 8.72. The summed E-state index contributed by atoms with van der Waals surface area (Å²) in [5, 5.41) is 6.13. The summed E-state index contributed by atoms with van der Waals surface area (Å²) in [5.74, 6) is 0.0417. The zero-order chi connectivity index (χ0) is 13.2. The van der Waals surface area contributed by atoms with Gasteiger partial charge in [-0.3, -0.25) is 4.79 Å². The molecule has 1 aromatic heterocycles. The molecule has 1 amide bonds. The maximum atomic E-state index is 11.7. The Bertz CT molecular complexity index is 350. The van der Waals surface area contributed by atoms with E-state index in [1.165, 1.54) is 0 Å². The molecule has 0 fully saturated rings. The van der Waals surface area contributed by atoms with Gasteiger partial charge >= 0.3 is 0 Å². The average Bonchev–Trinajstić information content (AvgIpc) is 2.79. The fourth-order valence-electron chi connectivity index (χ4n) is 1.67. The van der Waals surface area contributed by atoms with E-state index in [0.717, 1.165) is 25.2 Å². The highest BCUT2D eigenvalue weighted by molar-refractivity contribution is 5.75. The van der Waals surface area contributed by atoms with E-state index in [1.54, 1.807) is 7.11 Å². The van der Waals surface area contributed by atoms with Crippen LogP contribution in [-0.4, -0.2) is 37.3 Å². The Labute approximate surface area is 109 Å². The summed E-state index contributed by atoms with van der Waals surface area (Å²) in [4.78, 5) is 11.7. The fourth-order valence-corrected chi connectivity index (χ4v) is 1.67. The van der Waals surface area contributed by atoms with E-state index in [2.05, 4.69) is 17.6 Å². The molecule has 0 unspecified atom stereocenters. The lowest BCUT2D eigenvalue weighted by Gasteiger charge is -2.10. The molecule has 0 aliphatic heterocycles. The van der Waals surface area contributed by atoms with Crippen molar-refractivity contribution >= 4 is 5.91 Å². The second-order valence-electron chi connectivity index (χ2n) is 4.10. The van der Waals surface area contributed by atoms with Crippen molar-refractivity contribution in [3.8, 4) is 0 Å². The number of hydrogen-bond acceptors (Lipinski definition) is 3. The van der Waals surface area contributed by atoms with Gasteiger partial charge in [-0.1, -0.05) is 6.92 Å². The van der Waals surface area contributed by atoms with Gasteiger partial charge in [-0.2, -0.15) is 0 Å². The van der Waals surface area contributed by atoms with Gasteiger partial charge in [0.15, 0.2) is 0 Å². The van der Waals surface area contributed by atoms with Crippen LogP contribution in [-0.2, 0) is 22.6 Å². The summed E-state index contributed by atoms with van der Waals surface area (Å²) in [6.07, 6.45) is 2.78. The zero-order valence-corrected chi connectivity index (χ0v) is 11.2. The number of carbonyl (C=O) groups is 1. The Kier molecular flexibility index (Phi) is 7.13. The number of amides is 1. The van der Waals surface area contributed by atoms with E-state index < -0.39 is 0 Å². The Morgan fingerprint density at radius 1 is 1.50 bits per heavy atom. The minimum atomic E-state index is 0.0417. The molecular weight excluding hydrogens is 230 g/mol. The monoisotopic (exact) mass is 253 g/mol. The third-order valence-corrected chi connectivity index (χ3v) is 2.64. The van der Waals surface area contributed by atoms with E-state index in [1.807, 2.05) is 22.9 Å². The van der Waals surface area contributed by atoms with E-state index in [-0.39, 0.29) is 5.91 Å². The number of aromatic nitrogens is 1. The van der Waals surface area contributed by atoms with Gasteiger partial charge in [-0.15, -0.1) is 0 Å². The van der Waals surface area contributed by atoms with Crippen LogP contribution in [0.4, 0.5) is 0 Å². The molecule has 0 aliphatic carbocycles. The van der Waals surface area contributed by atoms with Crippen LogP contribution in [0.3, 0.4) is 0 Å². The van der Waals surface area contributed by atoms with E-state index in [9.17, 15) is 4.79 Å². The van der Waals surface area contributed by atoms with Crippen LogP contribution in [0.25, 0.3) is 0 Å². The molecule has 0 spiro atoms. The van der Waals surface area contributed by atoms with Gasteiger partial charge in [-0.05, 0) is 25.1 Å². The average molecular weight is 253 g/mol. The van der Waals surface area contributed by atoms with Crippen LogP contribution in [0.5, 0.6) is 0 Å². The zero-order valence-electron chi connectivity index (χ0n) is 11.2. The summed E-state index contributed by atoms with van der Waals surface area (Å²) in [6, 6.07) is 3.99. The van der Waals surface area contributed by atoms with Gasteiger partial charge in [0.05, 0.1) is 0 Å². The quantitative estimate of drug-likeness (QED) is 0.639. The van der Waals surface area contributed by atoms with E-state index in [0.29, 0.717) is 19.7 Å². The van der Waals surface area contributed by atoms with E-state index >= 15 is 0 Å². The van der Waals surface area contributed by atoms with Gasteiger partial charge in [0.2, 0.25) is 5.91 Å². The van der Waals surface area contributed by atoms with Gasteiger partial charge in [0.25, 0.3) is 0 Å². The van der Waals surface area contributed by atoms with Crippen molar-refractivity contribution in [1.29, 1.82) is 0 Å². The number of nitrogens with one attached hydrogen (secondary N) is 2. The summed E-state index contributed by atoms with van der Waals surface area (Å²) < 4.78 is 6.89. The molecule has 102 valence electrons. The number of methoxy groups -OCH3 is 1. The van der Waals surface area contributed by atoms with Crippen molar-refractivity contribution in [3.05, 3.63) is 24.0 Å². The molecule has 0 aliphatic rings. The highest BCUT2D eigenvalue weighted by Gasteiger charge is 2.05. The third-order valence-electron chi connectivity index (χ3n) is 2.64. The van der Waals surface area contributed by atoms with Crippen LogP contribution < -0.4 is 10.6 Å². The largest absolute Gasteiger partial charge is 0.385 e. The van der Waals surface area contributed by atoms with E-state index in [4.69, 9.17) is 4.74 Å². The van der Waals surface area contributed by atoms with Crippen LogP contribution in [0, 0.1) is 0 Å². The summed E-state index contributed by atoms with van der Waals surface area (Å²) in [6.45, 7) is 5.50. The molecular formula is C13H23N3O2. The Balaban J connectivity index is 2.32. The van der Waals surface area contributed by atoms with Crippen molar-refractivity contribution in [2.45, 2.75) is 26.4 Å². The lowest BCUT2D eigenvalue weighted by molar-refractivity contribution is -0.121. The topological polar surface area (TPSA) is 55.3 Å². The molecule has 0 saturated heterocycles. The highest BCUT2D eigenvalue weighted by Crippen LogP contribution is 2.01. The number of rotatable bonds is 9. The summed E-state index contributed by atoms with van der Waals surface area (Å²) >= 11 is 0. The van der Waals surface area contributed by atoms with Gasteiger partial charge < -0.3 is 19.9 Å². The molecule has 1 heterocycles. The minimum Gasteiger partial charge on any atom is -0.385 e. The molecule has 1 rings (SSSR count). The highest BCUT2D eigenvalue weighted by atomic mass is 16.5. The first-order valence-corrected chi connectivity index (χ1v) is 6.38. The van der Waals surface area contributed by atoms with Gasteiger partial charge in [-0.25, -0.2) is 0 Å². The van der Waals surface area contributed by atoms with Crippen molar-refractivity contribution in [1.82, 2.24) is 15.2 Å². The standard InChI is InChI=1S/C13H23N3O2/c1-3-14-10-12-6-4-8-16(12)11-13(17)15-7-5-9-18-2/h4,6,8,14H,3,5,7,9-11H2,1-2H3,(H,15,17). The maximum Gasteiger partial charge on any atom is 0.239 e. The molecule has 0 bridgehead atoms. The predicted molar refractivity (Wildman–Crippen MR) is 71.3 cm³/mol. The normalized spacial score (nSPS) is 10.6. The van der Waals surface area contributed by atoms with Gasteiger partial charge in [0.1, 0.15) is 6.54 Å². The van der Waals surface area contributed by atoms with Crippen LogP contribution >= 0.6 is 0 Å². The predicted octanol–water partition coefficient (Wildman–Crippen LogP) is 0.750. The molecule has 0 radical (unpaired) electrons. The molecule has 0 saturated carbocycles. The minimum absolute atomic E-state index is 0.0417. The van der Waals surface area contributed by atoms with Crippen LogP contribution in [0.2, 0.25) is 0 Å². The molecule has 1 aromatic rings.